The number of thioether (sulfide) groups is 1. The number of nitrogens with zero attached hydrogens (tertiary/aromatic N) is 3. The molecule has 3 heterocycles. The molecule has 2 saturated heterocycles. The Hall–Kier alpha value is -1.13. The summed E-state index contributed by atoms with van der Waals surface area (Å²) < 4.78 is 25.8. The molecule has 3 aliphatic rings. The zero-order chi connectivity index (χ0) is 19.9. The Labute approximate surface area is 170 Å². The van der Waals surface area contributed by atoms with Gasteiger partial charge in [0.2, 0.25) is 15.9 Å². The predicted molar refractivity (Wildman–Crippen MR) is 110 cm³/mol. The first-order valence-electron chi connectivity index (χ1n) is 9.72. The summed E-state index contributed by atoms with van der Waals surface area (Å²) in [5, 5.41) is 10.9. The molecule has 28 heavy (non-hydrogen) atoms. The Balaban J connectivity index is 1.44. The van der Waals surface area contributed by atoms with Gasteiger partial charge in [0, 0.05) is 36.8 Å². The molecule has 3 aliphatic heterocycles. The fraction of sp³-hybridized carbons (Fsp3) is 0.632. The molecule has 1 amide bonds. The summed E-state index contributed by atoms with van der Waals surface area (Å²) in [5.41, 5.74) is 0.249. The maximum absolute atomic E-state index is 13.0. The number of likely N-dealkylation sites (tertiary alicyclic amines) is 1. The minimum absolute atomic E-state index is 0.0299. The standard InChI is InChI=1S/C19H27N3O4S2/c1-28(25,26)22-9-4-7-19(22)8-10-20(13-17(19)23)14-18(24)21-11-12-27-16-6-3-2-5-15(16)21/h2-3,5-6,17,23H,4,7-14H2,1H3/t17-,19-/m0/s1. The van der Waals surface area contributed by atoms with Gasteiger partial charge < -0.3 is 10.0 Å². The Morgan fingerprint density at radius 2 is 2.04 bits per heavy atom. The zero-order valence-electron chi connectivity index (χ0n) is 16.1. The van der Waals surface area contributed by atoms with Crippen molar-refractivity contribution < 1.29 is 18.3 Å². The molecule has 7 nitrogen and oxygen atoms in total. The van der Waals surface area contributed by atoms with Crippen molar-refractivity contribution in [3.05, 3.63) is 24.3 Å². The summed E-state index contributed by atoms with van der Waals surface area (Å²) >= 11 is 1.76. The second-order valence-corrected chi connectivity index (χ2v) is 10.9. The number of β-amino-alcohol motifs (C(OH)–C–C–N with tert-alkyl or cyclic N) is 1. The van der Waals surface area contributed by atoms with E-state index >= 15 is 0 Å². The minimum atomic E-state index is -3.36. The third-order valence-electron chi connectivity index (χ3n) is 6.17. The van der Waals surface area contributed by atoms with E-state index in [-0.39, 0.29) is 12.5 Å². The second-order valence-electron chi connectivity index (χ2n) is 7.90. The monoisotopic (exact) mass is 425 g/mol. The molecule has 0 aromatic heterocycles. The van der Waals surface area contributed by atoms with Crippen LogP contribution in [0.15, 0.2) is 29.2 Å². The van der Waals surface area contributed by atoms with E-state index in [2.05, 4.69) is 0 Å². The number of sulfonamides is 1. The molecule has 2 fully saturated rings. The van der Waals surface area contributed by atoms with Crippen LogP contribution in [-0.4, -0.2) is 85.0 Å². The zero-order valence-corrected chi connectivity index (χ0v) is 17.7. The van der Waals surface area contributed by atoms with Crippen molar-refractivity contribution in [2.75, 3.05) is 49.6 Å². The molecule has 1 aromatic carbocycles. The molecule has 0 bridgehead atoms. The number of benzene rings is 1. The normalized spacial score (nSPS) is 29.2. The van der Waals surface area contributed by atoms with Gasteiger partial charge >= 0.3 is 0 Å². The number of hydrogen-bond donors (Lipinski definition) is 1. The van der Waals surface area contributed by atoms with E-state index in [0.29, 0.717) is 39.0 Å². The molecule has 0 aliphatic carbocycles. The summed E-state index contributed by atoms with van der Waals surface area (Å²) in [6.45, 7) is 2.33. The van der Waals surface area contributed by atoms with Crippen LogP contribution in [-0.2, 0) is 14.8 Å². The van der Waals surface area contributed by atoms with Crippen LogP contribution in [0, 0.1) is 0 Å². The van der Waals surface area contributed by atoms with Gasteiger partial charge in [0.1, 0.15) is 0 Å². The average molecular weight is 426 g/mol. The topological polar surface area (TPSA) is 81.2 Å². The first-order valence-corrected chi connectivity index (χ1v) is 12.6. The predicted octanol–water partition coefficient (Wildman–Crippen LogP) is 0.986. The second kappa shape index (κ2) is 7.60. The summed E-state index contributed by atoms with van der Waals surface area (Å²) in [4.78, 5) is 17.9. The van der Waals surface area contributed by atoms with Crippen LogP contribution >= 0.6 is 11.8 Å². The number of para-hydroxylation sites is 1. The highest BCUT2D eigenvalue weighted by molar-refractivity contribution is 7.99. The number of anilines is 1. The van der Waals surface area contributed by atoms with Crippen LogP contribution in [0.25, 0.3) is 0 Å². The van der Waals surface area contributed by atoms with Crippen LogP contribution in [0.1, 0.15) is 19.3 Å². The number of carbonyl (C=O) groups is 1. The molecular weight excluding hydrogens is 398 g/mol. The third kappa shape index (κ3) is 3.59. The van der Waals surface area contributed by atoms with Gasteiger partial charge in [-0.15, -0.1) is 11.8 Å². The summed E-state index contributed by atoms with van der Waals surface area (Å²) in [5.74, 6) is 0.903. The molecule has 1 N–H and O–H groups in total. The fourth-order valence-corrected chi connectivity index (χ4v) is 7.25. The summed E-state index contributed by atoms with van der Waals surface area (Å²) in [7, 11) is -3.36. The number of aliphatic hydroxyl groups is 1. The lowest BCUT2D eigenvalue weighted by Gasteiger charge is -2.47. The summed E-state index contributed by atoms with van der Waals surface area (Å²) in [6, 6.07) is 7.93. The molecule has 1 spiro atoms. The van der Waals surface area contributed by atoms with E-state index in [1.165, 1.54) is 10.6 Å². The van der Waals surface area contributed by atoms with Crippen LogP contribution in [0.4, 0.5) is 5.69 Å². The first-order chi connectivity index (χ1) is 13.3. The van der Waals surface area contributed by atoms with Crippen LogP contribution < -0.4 is 4.90 Å². The van der Waals surface area contributed by atoms with Crippen molar-refractivity contribution >= 4 is 33.4 Å². The smallest absolute Gasteiger partial charge is 0.241 e. The van der Waals surface area contributed by atoms with Gasteiger partial charge in [-0.2, -0.15) is 4.31 Å². The Morgan fingerprint density at radius 1 is 1.25 bits per heavy atom. The van der Waals surface area contributed by atoms with Crippen LogP contribution in [0.3, 0.4) is 0 Å². The van der Waals surface area contributed by atoms with E-state index in [1.807, 2.05) is 34.1 Å². The molecule has 0 saturated carbocycles. The number of piperidine rings is 1. The third-order valence-corrected chi connectivity index (χ3v) is 8.56. The lowest BCUT2D eigenvalue weighted by atomic mass is 9.83. The van der Waals surface area contributed by atoms with E-state index in [9.17, 15) is 18.3 Å². The fourth-order valence-electron chi connectivity index (χ4n) is 4.83. The minimum Gasteiger partial charge on any atom is -0.390 e. The van der Waals surface area contributed by atoms with Crippen molar-refractivity contribution in [2.24, 2.45) is 0 Å². The van der Waals surface area contributed by atoms with Gasteiger partial charge in [-0.25, -0.2) is 8.42 Å². The molecule has 2 atom stereocenters. The van der Waals surface area contributed by atoms with Crippen LogP contribution in [0.2, 0.25) is 0 Å². The molecule has 1 aromatic rings. The number of carbonyl (C=O) groups excluding carboxylic acids is 1. The molecule has 0 unspecified atom stereocenters. The van der Waals surface area contributed by atoms with Crippen molar-refractivity contribution in [1.29, 1.82) is 0 Å². The van der Waals surface area contributed by atoms with Gasteiger partial charge in [0.25, 0.3) is 0 Å². The van der Waals surface area contributed by atoms with E-state index in [4.69, 9.17) is 0 Å². The van der Waals surface area contributed by atoms with Crippen molar-refractivity contribution in [3.8, 4) is 0 Å². The number of hydrogen-bond acceptors (Lipinski definition) is 6. The van der Waals surface area contributed by atoms with Crippen molar-refractivity contribution in [3.63, 3.8) is 0 Å². The first kappa shape index (κ1) is 20.2. The Morgan fingerprint density at radius 3 is 2.79 bits per heavy atom. The summed E-state index contributed by atoms with van der Waals surface area (Å²) in [6.07, 6.45) is 2.44. The average Bonchev–Trinajstić information content (AvgIpc) is 3.10. The molecular formula is C19H27N3O4S2. The number of aliphatic hydroxyl groups excluding tert-OH is 1. The lowest BCUT2D eigenvalue weighted by molar-refractivity contribution is -0.121. The molecule has 4 rings (SSSR count). The van der Waals surface area contributed by atoms with Gasteiger partial charge in [-0.1, -0.05) is 12.1 Å². The van der Waals surface area contributed by atoms with Gasteiger partial charge in [-0.05, 0) is 31.4 Å². The van der Waals surface area contributed by atoms with Gasteiger partial charge in [-0.3, -0.25) is 9.69 Å². The number of fused-ring (bicyclic) bond motifs is 1. The highest BCUT2D eigenvalue weighted by atomic mass is 32.2. The molecule has 154 valence electrons. The van der Waals surface area contributed by atoms with E-state index < -0.39 is 21.7 Å². The quantitative estimate of drug-likeness (QED) is 0.778. The van der Waals surface area contributed by atoms with Crippen molar-refractivity contribution in [1.82, 2.24) is 9.21 Å². The van der Waals surface area contributed by atoms with Crippen molar-refractivity contribution in [2.45, 2.75) is 35.8 Å². The van der Waals surface area contributed by atoms with E-state index in [1.54, 1.807) is 11.8 Å². The largest absolute Gasteiger partial charge is 0.390 e. The Bertz CT molecular complexity index is 862. The van der Waals surface area contributed by atoms with Crippen LogP contribution in [0.5, 0.6) is 0 Å². The molecule has 9 heteroatoms. The number of amides is 1. The van der Waals surface area contributed by atoms with E-state index in [0.717, 1.165) is 22.8 Å². The van der Waals surface area contributed by atoms with Gasteiger partial charge in [0.15, 0.2) is 0 Å². The SMILES string of the molecule is CS(=O)(=O)N1CCC[C@@]12CCN(CC(=O)N1CCSc3ccccc31)C[C@@H]2O. The van der Waals surface area contributed by atoms with Gasteiger partial charge in [0.05, 0.1) is 30.1 Å². The highest BCUT2D eigenvalue weighted by Crippen LogP contribution is 2.40. The number of rotatable bonds is 3. The maximum Gasteiger partial charge on any atom is 0.241 e. The Kier molecular flexibility index (Phi) is 5.47. The lowest BCUT2D eigenvalue weighted by Crippen LogP contribution is -2.63. The molecule has 0 radical (unpaired) electrons. The highest BCUT2D eigenvalue weighted by Gasteiger charge is 2.52. The maximum atomic E-state index is 13.0.